The first-order valence-corrected chi connectivity index (χ1v) is 8.69. The smallest absolute Gasteiger partial charge is 0.269 e. The number of amides is 1. The third-order valence-electron chi connectivity index (χ3n) is 3.38. The van der Waals surface area contributed by atoms with E-state index < -0.39 is 0 Å². The summed E-state index contributed by atoms with van der Waals surface area (Å²) in [4.78, 5) is 12.3. The summed E-state index contributed by atoms with van der Waals surface area (Å²) in [7, 11) is 1.58. The predicted molar refractivity (Wildman–Crippen MR) is 107 cm³/mol. The second-order valence-corrected chi connectivity index (χ2v) is 6.05. The van der Waals surface area contributed by atoms with Gasteiger partial charge in [-0.2, -0.15) is 0 Å². The lowest BCUT2D eigenvalue weighted by molar-refractivity contribution is 0.0943. The molecule has 2 aromatic rings. The molecule has 0 aliphatic rings. The van der Waals surface area contributed by atoms with Crippen LogP contribution in [0.25, 0.3) is 0 Å². The molecule has 0 atom stereocenters. The third kappa shape index (κ3) is 5.87. The van der Waals surface area contributed by atoms with Crippen molar-refractivity contribution in [3.8, 4) is 5.75 Å². The topological polar surface area (TPSA) is 71.6 Å². The van der Waals surface area contributed by atoms with Crippen LogP contribution in [0.3, 0.4) is 0 Å². The maximum absolute atomic E-state index is 12.3. The second-order valence-electron chi connectivity index (χ2n) is 5.21. The highest BCUT2D eigenvalue weighted by molar-refractivity contribution is 7.80. The van der Waals surface area contributed by atoms with Crippen LogP contribution < -0.4 is 20.9 Å². The highest BCUT2D eigenvalue weighted by atomic mass is 35.5. The molecule has 138 valence electrons. The van der Waals surface area contributed by atoms with E-state index in [-0.39, 0.29) is 11.0 Å². The summed E-state index contributed by atoms with van der Waals surface area (Å²) in [5, 5.41) is 3.75. The van der Waals surface area contributed by atoms with Crippen LogP contribution in [0.2, 0.25) is 5.02 Å². The van der Waals surface area contributed by atoms with E-state index in [2.05, 4.69) is 16.2 Å². The van der Waals surface area contributed by atoms with Gasteiger partial charge in [0.15, 0.2) is 5.11 Å². The number of methoxy groups -OCH3 is 1. The molecule has 0 aliphatic heterocycles. The van der Waals surface area contributed by atoms with Gasteiger partial charge in [0.05, 0.1) is 13.7 Å². The fraction of sp³-hybridized carbons (Fsp3) is 0.222. The summed E-state index contributed by atoms with van der Waals surface area (Å²) >= 11 is 11.1. The Morgan fingerprint density at radius 3 is 2.69 bits per heavy atom. The SMILES string of the molecule is CCOCc1cc(C(=O)NNC(=S)Nc2cccc(Cl)c2)ccc1OC. The zero-order valence-corrected chi connectivity index (χ0v) is 16.0. The molecule has 0 bridgehead atoms. The highest BCUT2D eigenvalue weighted by Crippen LogP contribution is 2.21. The van der Waals surface area contributed by atoms with Crippen molar-refractivity contribution < 1.29 is 14.3 Å². The number of hydrazine groups is 1. The van der Waals surface area contributed by atoms with E-state index in [1.807, 2.05) is 13.0 Å². The molecule has 0 spiro atoms. The lowest BCUT2D eigenvalue weighted by atomic mass is 10.1. The van der Waals surface area contributed by atoms with Crippen molar-refractivity contribution in [1.29, 1.82) is 0 Å². The minimum atomic E-state index is -0.333. The summed E-state index contributed by atoms with van der Waals surface area (Å²) < 4.78 is 10.7. The Morgan fingerprint density at radius 1 is 1.19 bits per heavy atom. The van der Waals surface area contributed by atoms with Gasteiger partial charge < -0.3 is 14.8 Å². The molecule has 26 heavy (non-hydrogen) atoms. The lowest BCUT2D eigenvalue weighted by Crippen LogP contribution is -2.43. The molecule has 2 rings (SSSR count). The molecule has 0 heterocycles. The van der Waals surface area contributed by atoms with Gasteiger partial charge in [-0.15, -0.1) is 0 Å². The fourth-order valence-corrected chi connectivity index (χ4v) is 2.52. The van der Waals surface area contributed by atoms with Crippen LogP contribution in [0, 0.1) is 0 Å². The summed E-state index contributed by atoms with van der Waals surface area (Å²) in [5.41, 5.74) is 7.17. The van der Waals surface area contributed by atoms with E-state index in [4.69, 9.17) is 33.3 Å². The van der Waals surface area contributed by atoms with Crippen molar-refractivity contribution in [1.82, 2.24) is 10.9 Å². The Bertz CT molecular complexity index is 786. The molecule has 3 N–H and O–H groups in total. The number of halogens is 1. The van der Waals surface area contributed by atoms with Gasteiger partial charge in [0.1, 0.15) is 5.75 Å². The third-order valence-corrected chi connectivity index (χ3v) is 3.82. The minimum absolute atomic E-state index is 0.240. The zero-order chi connectivity index (χ0) is 18.9. The molecule has 8 heteroatoms. The van der Waals surface area contributed by atoms with Crippen molar-refractivity contribution in [2.24, 2.45) is 0 Å². The second kappa shape index (κ2) is 9.96. The number of rotatable bonds is 6. The van der Waals surface area contributed by atoms with E-state index in [1.54, 1.807) is 43.5 Å². The predicted octanol–water partition coefficient (Wildman–Crippen LogP) is 3.52. The maximum atomic E-state index is 12.3. The number of hydrogen-bond donors (Lipinski definition) is 3. The number of benzene rings is 2. The maximum Gasteiger partial charge on any atom is 0.269 e. The number of ether oxygens (including phenoxy) is 2. The van der Waals surface area contributed by atoms with Gasteiger partial charge in [0, 0.05) is 28.4 Å². The monoisotopic (exact) mass is 393 g/mol. The lowest BCUT2D eigenvalue weighted by Gasteiger charge is -2.13. The van der Waals surface area contributed by atoms with Gasteiger partial charge in [0.25, 0.3) is 5.91 Å². The van der Waals surface area contributed by atoms with Gasteiger partial charge in [-0.1, -0.05) is 17.7 Å². The molecule has 0 radical (unpaired) electrons. The number of hydrogen-bond acceptors (Lipinski definition) is 4. The first kappa shape index (κ1) is 20.0. The van der Waals surface area contributed by atoms with Gasteiger partial charge in [-0.3, -0.25) is 15.6 Å². The van der Waals surface area contributed by atoms with Crippen molar-refractivity contribution >= 4 is 40.5 Å². The van der Waals surface area contributed by atoms with Crippen LogP contribution in [0.15, 0.2) is 42.5 Å². The number of anilines is 1. The van der Waals surface area contributed by atoms with Crippen LogP contribution in [0.4, 0.5) is 5.69 Å². The average Bonchev–Trinajstić information content (AvgIpc) is 2.64. The largest absolute Gasteiger partial charge is 0.496 e. The Labute approximate surface area is 162 Å². The first-order chi connectivity index (χ1) is 12.5. The average molecular weight is 394 g/mol. The summed E-state index contributed by atoms with van der Waals surface area (Å²) in [6.45, 7) is 2.84. The van der Waals surface area contributed by atoms with Crippen molar-refractivity contribution in [2.45, 2.75) is 13.5 Å². The molecule has 0 unspecified atom stereocenters. The van der Waals surface area contributed by atoms with Gasteiger partial charge >= 0.3 is 0 Å². The van der Waals surface area contributed by atoms with Crippen LogP contribution in [-0.4, -0.2) is 24.7 Å². The first-order valence-electron chi connectivity index (χ1n) is 7.91. The molecule has 0 aromatic heterocycles. The molecule has 0 fully saturated rings. The summed E-state index contributed by atoms with van der Waals surface area (Å²) in [6.07, 6.45) is 0. The summed E-state index contributed by atoms with van der Waals surface area (Å²) in [5.74, 6) is 0.335. The molecular weight excluding hydrogens is 374 g/mol. The van der Waals surface area contributed by atoms with E-state index in [9.17, 15) is 4.79 Å². The Kier molecular flexibility index (Phi) is 7.65. The Balaban J connectivity index is 1.95. The molecule has 2 aromatic carbocycles. The molecule has 6 nitrogen and oxygen atoms in total. The molecular formula is C18H20ClN3O3S. The van der Waals surface area contributed by atoms with Gasteiger partial charge in [-0.05, 0) is 55.5 Å². The Hall–Kier alpha value is -2.35. The Morgan fingerprint density at radius 2 is 2.00 bits per heavy atom. The van der Waals surface area contributed by atoms with Crippen LogP contribution in [-0.2, 0) is 11.3 Å². The normalized spacial score (nSPS) is 10.1. The van der Waals surface area contributed by atoms with E-state index in [1.165, 1.54) is 0 Å². The van der Waals surface area contributed by atoms with Crippen LogP contribution in [0.5, 0.6) is 5.75 Å². The van der Waals surface area contributed by atoms with Crippen molar-refractivity contribution in [3.05, 3.63) is 58.6 Å². The van der Waals surface area contributed by atoms with Crippen molar-refractivity contribution in [3.63, 3.8) is 0 Å². The van der Waals surface area contributed by atoms with Crippen LogP contribution in [0.1, 0.15) is 22.8 Å². The van der Waals surface area contributed by atoms with E-state index >= 15 is 0 Å². The molecule has 0 saturated heterocycles. The van der Waals surface area contributed by atoms with E-state index in [0.717, 1.165) is 5.56 Å². The quantitative estimate of drug-likeness (QED) is 0.515. The number of thiocarbonyl (C=S) groups is 1. The van der Waals surface area contributed by atoms with Crippen molar-refractivity contribution in [2.75, 3.05) is 19.0 Å². The zero-order valence-electron chi connectivity index (χ0n) is 14.5. The molecule has 0 aliphatic carbocycles. The minimum Gasteiger partial charge on any atom is -0.496 e. The summed E-state index contributed by atoms with van der Waals surface area (Å²) in [6, 6.07) is 12.2. The molecule has 0 saturated carbocycles. The number of carbonyl (C=O) groups excluding carboxylic acids is 1. The number of carbonyl (C=O) groups is 1. The highest BCUT2D eigenvalue weighted by Gasteiger charge is 2.11. The van der Waals surface area contributed by atoms with Gasteiger partial charge in [0.2, 0.25) is 0 Å². The standard InChI is InChI=1S/C18H20ClN3O3S/c1-3-25-11-13-9-12(7-8-16(13)24-2)17(23)21-22-18(26)20-15-6-4-5-14(19)10-15/h4-10H,3,11H2,1-2H3,(H,21,23)(H2,20,22,26). The van der Waals surface area contributed by atoms with Crippen LogP contribution >= 0.6 is 23.8 Å². The fourth-order valence-electron chi connectivity index (χ4n) is 2.16. The van der Waals surface area contributed by atoms with Gasteiger partial charge in [-0.25, -0.2) is 0 Å². The van der Waals surface area contributed by atoms with E-state index in [0.29, 0.717) is 35.2 Å². The number of nitrogens with one attached hydrogen (secondary N) is 3. The molecule has 1 amide bonds.